The summed E-state index contributed by atoms with van der Waals surface area (Å²) in [6.45, 7) is 11.8. The van der Waals surface area contributed by atoms with Crippen LogP contribution in [0.4, 0.5) is 0 Å². The molecule has 0 N–H and O–H groups in total. The maximum Gasteiger partial charge on any atom is 0.496 e. The first-order valence-electron chi connectivity index (χ1n) is 12.6. The number of aromatic nitrogens is 3. The van der Waals surface area contributed by atoms with Crippen LogP contribution in [0.5, 0.6) is 5.88 Å². The number of hydrogen-bond donors (Lipinski definition) is 0. The summed E-state index contributed by atoms with van der Waals surface area (Å²) in [5, 5.41) is 0.678. The minimum atomic E-state index is -3.95. The number of nitrogens with zero attached hydrogens (tertiary/aromatic N) is 3. The van der Waals surface area contributed by atoms with E-state index < -0.39 is 28.3 Å². The number of methoxy groups -OCH3 is 1. The summed E-state index contributed by atoms with van der Waals surface area (Å²) in [5.41, 5.74) is 3.12. The molecule has 1 fully saturated rings. The standard InChI is InChI=1S/C28H32BN3O5S/c1-8-23-25(19-11-14-24(35-7)30-16-19)22-15-20(29-36-27(3,4)28(5,6)37-29)17-31-26(22)32(23)38(33,34)21-12-9-18(2)10-13-21/h9-17H,8H2,1-7H3. The number of rotatable bonds is 6. The van der Waals surface area contributed by atoms with Gasteiger partial charge in [-0.3, -0.25) is 0 Å². The van der Waals surface area contributed by atoms with Crippen LogP contribution in [0.15, 0.2) is 59.8 Å². The summed E-state index contributed by atoms with van der Waals surface area (Å²) < 4.78 is 47.2. The number of fused-ring (bicyclic) bond motifs is 1. The van der Waals surface area contributed by atoms with Crippen molar-refractivity contribution in [3.63, 3.8) is 0 Å². The normalized spacial score (nSPS) is 16.8. The van der Waals surface area contributed by atoms with Gasteiger partial charge in [-0.1, -0.05) is 24.6 Å². The molecule has 0 unspecified atom stereocenters. The van der Waals surface area contributed by atoms with E-state index in [0.29, 0.717) is 34.5 Å². The average molecular weight is 533 g/mol. The molecule has 4 aromatic rings. The Bertz CT molecular complexity index is 1600. The number of ether oxygens (including phenoxy) is 1. The molecule has 10 heteroatoms. The lowest BCUT2D eigenvalue weighted by molar-refractivity contribution is 0.00578. The first-order chi connectivity index (χ1) is 17.9. The van der Waals surface area contributed by atoms with E-state index in [4.69, 9.17) is 19.0 Å². The van der Waals surface area contributed by atoms with Crippen molar-refractivity contribution in [2.45, 2.75) is 64.1 Å². The topological polar surface area (TPSA) is 92.5 Å². The first-order valence-corrected chi connectivity index (χ1v) is 14.0. The van der Waals surface area contributed by atoms with Crippen LogP contribution in [0.2, 0.25) is 0 Å². The van der Waals surface area contributed by atoms with Gasteiger partial charge in [0.15, 0.2) is 5.65 Å². The zero-order valence-electron chi connectivity index (χ0n) is 22.8. The number of pyridine rings is 2. The third-order valence-corrected chi connectivity index (χ3v) is 9.28. The third-order valence-electron chi connectivity index (χ3n) is 7.54. The van der Waals surface area contributed by atoms with Crippen LogP contribution in [0, 0.1) is 6.92 Å². The Kier molecular flexibility index (Phi) is 6.40. The minimum Gasteiger partial charge on any atom is -0.481 e. The summed E-state index contributed by atoms with van der Waals surface area (Å²) >= 11 is 0. The highest BCUT2D eigenvalue weighted by molar-refractivity contribution is 7.90. The summed E-state index contributed by atoms with van der Waals surface area (Å²) in [5.74, 6) is 0.471. The lowest BCUT2D eigenvalue weighted by Gasteiger charge is -2.32. The second-order valence-electron chi connectivity index (χ2n) is 10.6. The molecule has 1 saturated heterocycles. The van der Waals surface area contributed by atoms with Crippen molar-refractivity contribution in [2.75, 3.05) is 7.11 Å². The zero-order valence-corrected chi connectivity index (χ0v) is 23.6. The quantitative estimate of drug-likeness (QED) is 0.337. The van der Waals surface area contributed by atoms with Gasteiger partial charge >= 0.3 is 7.12 Å². The van der Waals surface area contributed by atoms with Gasteiger partial charge in [-0.05, 0) is 65.3 Å². The molecule has 8 nitrogen and oxygen atoms in total. The van der Waals surface area contributed by atoms with E-state index in [1.165, 1.54) is 3.97 Å². The third kappa shape index (κ3) is 4.20. The van der Waals surface area contributed by atoms with Gasteiger partial charge in [0.25, 0.3) is 10.0 Å². The summed E-state index contributed by atoms with van der Waals surface area (Å²) in [7, 11) is -3.03. The Balaban J connectivity index is 1.77. The van der Waals surface area contributed by atoms with E-state index in [1.807, 2.05) is 53.7 Å². The predicted octanol–water partition coefficient (Wildman–Crippen LogP) is 4.51. The van der Waals surface area contributed by atoms with E-state index in [9.17, 15) is 8.42 Å². The fraction of sp³-hybridized carbons (Fsp3) is 0.357. The molecule has 1 aromatic carbocycles. The molecule has 0 amide bonds. The van der Waals surface area contributed by atoms with Crippen molar-refractivity contribution in [1.82, 2.24) is 13.9 Å². The average Bonchev–Trinajstić information content (AvgIpc) is 3.33. The van der Waals surface area contributed by atoms with Crippen LogP contribution >= 0.6 is 0 Å². The number of aryl methyl sites for hydroxylation is 1. The Hall–Kier alpha value is -3.21. The van der Waals surface area contributed by atoms with Crippen LogP contribution in [-0.2, 0) is 25.8 Å². The maximum absolute atomic E-state index is 14.0. The molecule has 5 rings (SSSR count). The van der Waals surface area contributed by atoms with Gasteiger partial charge in [0.1, 0.15) is 0 Å². The van der Waals surface area contributed by atoms with Gasteiger partial charge < -0.3 is 14.0 Å². The molecular formula is C28H32BN3O5S. The lowest BCUT2D eigenvalue weighted by atomic mass is 9.79. The SMILES string of the molecule is CCc1c(-c2ccc(OC)nc2)c2cc(B3OC(C)(C)C(C)(C)O3)cnc2n1S(=O)(=O)c1ccc(C)cc1. The van der Waals surface area contributed by atoms with Gasteiger partial charge in [-0.2, -0.15) is 0 Å². The number of benzene rings is 1. The second kappa shape index (κ2) is 9.22. The fourth-order valence-corrected chi connectivity index (χ4v) is 6.25. The molecular weight excluding hydrogens is 501 g/mol. The first kappa shape index (κ1) is 26.4. The molecule has 198 valence electrons. The van der Waals surface area contributed by atoms with Gasteiger partial charge in [-0.15, -0.1) is 0 Å². The smallest absolute Gasteiger partial charge is 0.481 e. The van der Waals surface area contributed by atoms with Crippen LogP contribution in [0.25, 0.3) is 22.2 Å². The molecule has 0 spiro atoms. The van der Waals surface area contributed by atoms with Gasteiger partial charge in [-0.25, -0.2) is 22.4 Å². The Labute approximate surface area is 224 Å². The van der Waals surface area contributed by atoms with E-state index >= 15 is 0 Å². The van der Waals surface area contributed by atoms with Crippen LogP contribution in [0.1, 0.15) is 45.9 Å². The highest BCUT2D eigenvalue weighted by atomic mass is 32.2. The Morgan fingerprint density at radius 3 is 2.18 bits per heavy atom. The fourth-order valence-electron chi connectivity index (χ4n) is 4.68. The van der Waals surface area contributed by atoms with Crippen LogP contribution in [-0.4, -0.2) is 47.8 Å². The summed E-state index contributed by atoms with van der Waals surface area (Å²) in [4.78, 5) is 9.28. The van der Waals surface area contributed by atoms with Gasteiger partial charge in [0, 0.05) is 46.1 Å². The van der Waals surface area contributed by atoms with E-state index in [2.05, 4.69) is 4.98 Å². The van der Waals surface area contributed by atoms with E-state index in [1.54, 1.807) is 49.8 Å². The molecule has 0 radical (unpaired) electrons. The van der Waals surface area contributed by atoms with Gasteiger partial charge in [0.05, 0.1) is 23.2 Å². The second-order valence-corrected chi connectivity index (χ2v) is 12.4. The molecule has 38 heavy (non-hydrogen) atoms. The van der Waals surface area contributed by atoms with Crippen LogP contribution in [0.3, 0.4) is 0 Å². The maximum atomic E-state index is 14.0. The monoisotopic (exact) mass is 533 g/mol. The summed E-state index contributed by atoms with van der Waals surface area (Å²) in [6, 6.07) is 12.4. The Morgan fingerprint density at radius 2 is 1.63 bits per heavy atom. The molecule has 0 aliphatic carbocycles. The van der Waals surface area contributed by atoms with Crippen molar-refractivity contribution in [1.29, 1.82) is 0 Å². The Morgan fingerprint density at radius 1 is 0.974 bits per heavy atom. The largest absolute Gasteiger partial charge is 0.496 e. The van der Waals surface area contributed by atoms with E-state index in [-0.39, 0.29) is 4.90 Å². The predicted molar refractivity (Wildman–Crippen MR) is 148 cm³/mol. The molecule has 4 heterocycles. The zero-order chi connectivity index (χ0) is 27.5. The number of hydrogen-bond acceptors (Lipinski definition) is 7. The molecule has 1 aliphatic heterocycles. The molecule has 0 atom stereocenters. The minimum absolute atomic E-state index is 0.200. The van der Waals surface area contributed by atoms with Crippen LogP contribution < -0.4 is 10.2 Å². The van der Waals surface area contributed by atoms with Gasteiger partial charge in [0.2, 0.25) is 5.88 Å². The van der Waals surface area contributed by atoms with Crippen molar-refractivity contribution in [3.05, 3.63) is 66.1 Å². The van der Waals surface area contributed by atoms with Crippen molar-refractivity contribution in [2.24, 2.45) is 0 Å². The molecule has 1 aliphatic rings. The lowest BCUT2D eigenvalue weighted by Crippen LogP contribution is -2.41. The molecule has 0 saturated carbocycles. The highest BCUT2D eigenvalue weighted by Gasteiger charge is 2.52. The van der Waals surface area contributed by atoms with Crippen molar-refractivity contribution >= 4 is 33.6 Å². The molecule has 3 aromatic heterocycles. The summed E-state index contributed by atoms with van der Waals surface area (Å²) in [6.07, 6.45) is 3.78. The van der Waals surface area contributed by atoms with Crippen molar-refractivity contribution in [3.8, 4) is 17.0 Å². The van der Waals surface area contributed by atoms with E-state index in [0.717, 1.165) is 16.7 Å². The molecule has 0 bridgehead atoms. The highest BCUT2D eigenvalue weighted by Crippen LogP contribution is 2.39. The van der Waals surface area contributed by atoms with Crippen molar-refractivity contribution < 1.29 is 22.5 Å².